The Labute approximate surface area is 104 Å². The minimum atomic E-state index is -0.729. The second-order valence-electron chi connectivity index (χ2n) is 4.26. The van der Waals surface area contributed by atoms with E-state index in [1.807, 2.05) is 11.8 Å². The van der Waals surface area contributed by atoms with Gasteiger partial charge in [0.25, 0.3) is 0 Å². The van der Waals surface area contributed by atoms with Gasteiger partial charge >= 0.3 is 12.0 Å². The van der Waals surface area contributed by atoms with Crippen molar-refractivity contribution in [3.8, 4) is 0 Å². The molecule has 98 valence electrons. The van der Waals surface area contributed by atoms with E-state index in [9.17, 15) is 9.59 Å². The van der Waals surface area contributed by atoms with Gasteiger partial charge in [-0.05, 0) is 12.8 Å². The Hall–Kier alpha value is -0.950. The smallest absolute Gasteiger partial charge is 0.315 e. The number of thioether (sulfide) groups is 1. The van der Waals surface area contributed by atoms with E-state index in [0.29, 0.717) is 5.25 Å². The van der Waals surface area contributed by atoms with Gasteiger partial charge in [0.1, 0.15) is 0 Å². The van der Waals surface area contributed by atoms with Crippen LogP contribution < -0.4 is 10.6 Å². The summed E-state index contributed by atoms with van der Waals surface area (Å²) in [7, 11) is 0. The molecule has 17 heavy (non-hydrogen) atoms. The zero-order valence-electron chi connectivity index (χ0n) is 9.44. The number of nitrogens with one attached hydrogen (secondary N) is 2. The molecule has 2 saturated heterocycles. The monoisotopic (exact) mass is 262 g/mol. The number of hydrogen-bond donors (Lipinski definition) is 3. The van der Waals surface area contributed by atoms with Gasteiger partial charge in [-0.25, -0.2) is 4.79 Å². The first-order chi connectivity index (χ1) is 7.66. The Bertz CT molecular complexity index is 300. The fourth-order valence-electron chi connectivity index (χ4n) is 2.26. The molecule has 0 aromatic heterocycles. The summed E-state index contributed by atoms with van der Waals surface area (Å²) in [5.74, 6) is 0.236. The standard InChI is InChI=1S/C10H16N2O3S.H2O/c13-8(14)4-2-1-3-7-9-6(5-16-7)11-10(15)12-9;/h6-7,9H,1-5H2,(H,13,14)(H2,11,12,15);1H2/t6-,7-,9-;/m0./s1. The van der Waals surface area contributed by atoms with E-state index >= 15 is 0 Å². The van der Waals surface area contributed by atoms with E-state index in [1.54, 1.807) is 0 Å². The highest BCUT2D eigenvalue weighted by Gasteiger charge is 2.42. The first-order valence-electron chi connectivity index (χ1n) is 5.57. The molecule has 7 heteroatoms. The van der Waals surface area contributed by atoms with Crippen molar-refractivity contribution >= 4 is 23.8 Å². The third-order valence-corrected chi connectivity index (χ3v) is 4.58. The Morgan fingerprint density at radius 3 is 2.88 bits per heavy atom. The van der Waals surface area contributed by atoms with Gasteiger partial charge in [0.2, 0.25) is 0 Å². The van der Waals surface area contributed by atoms with E-state index in [2.05, 4.69) is 10.6 Å². The molecule has 0 radical (unpaired) electrons. The number of carbonyl (C=O) groups is 2. The molecule has 0 aliphatic carbocycles. The summed E-state index contributed by atoms with van der Waals surface area (Å²) in [4.78, 5) is 21.5. The van der Waals surface area contributed by atoms with Crippen molar-refractivity contribution in [3.05, 3.63) is 0 Å². The lowest BCUT2D eigenvalue weighted by atomic mass is 10.0. The molecule has 2 fully saturated rings. The van der Waals surface area contributed by atoms with Crippen molar-refractivity contribution < 1.29 is 20.2 Å². The molecule has 0 spiro atoms. The molecule has 3 atom stereocenters. The summed E-state index contributed by atoms with van der Waals surface area (Å²) >= 11 is 1.87. The molecule has 0 saturated carbocycles. The molecule has 2 aliphatic heterocycles. The van der Waals surface area contributed by atoms with E-state index in [0.717, 1.165) is 25.0 Å². The van der Waals surface area contributed by atoms with Crippen LogP contribution in [0.2, 0.25) is 0 Å². The number of urea groups is 1. The minimum Gasteiger partial charge on any atom is -0.481 e. The maximum Gasteiger partial charge on any atom is 0.315 e. The van der Waals surface area contributed by atoms with Gasteiger partial charge in [-0.3, -0.25) is 4.79 Å². The van der Waals surface area contributed by atoms with Crippen LogP contribution in [0.3, 0.4) is 0 Å². The molecule has 0 aromatic carbocycles. The predicted octanol–water partition coefficient (Wildman–Crippen LogP) is -0.0279. The third kappa shape index (κ3) is 3.50. The van der Waals surface area contributed by atoms with Crippen LogP contribution in [0, 0.1) is 0 Å². The molecular formula is C10H18N2O4S. The summed E-state index contributed by atoms with van der Waals surface area (Å²) in [5.41, 5.74) is 0. The van der Waals surface area contributed by atoms with Crippen LogP contribution in [0.1, 0.15) is 25.7 Å². The van der Waals surface area contributed by atoms with Crippen LogP contribution in [0.25, 0.3) is 0 Å². The second-order valence-corrected chi connectivity index (χ2v) is 5.53. The molecule has 5 N–H and O–H groups in total. The normalized spacial score (nSPS) is 30.1. The van der Waals surface area contributed by atoms with Crippen LogP contribution in [-0.4, -0.2) is 45.7 Å². The number of hydrogen-bond acceptors (Lipinski definition) is 3. The number of rotatable bonds is 5. The Balaban J connectivity index is 0.00000144. The average molecular weight is 262 g/mol. The number of carboxylic acids is 1. The van der Waals surface area contributed by atoms with E-state index in [-0.39, 0.29) is 30.0 Å². The zero-order valence-corrected chi connectivity index (χ0v) is 10.3. The van der Waals surface area contributed by atoms with Crippen LogP contribution >= 0.6 is 11.8 Å². The van der Waals surface area contributed by atoms with Crippen molar-refractivity contribution in [3.63, 3.8) is 0 Å². The molecule has 2 rings (SSSR count). The topological polar surface area (TPSA) is 110 Å². The second kappa shape index (κ2) is 6.11. The van der Waals surface area contributed by atoms with E-state index in [1.165, 1.54) is 0 Å². The number of carboxylic acid groups (broad SMARTS) is 1. The van der Waals surface area contributed by atoms with Crippen LogP contribution in [-0.2, 0) is 4.79 Å². The van der Waals surface area contributed by atoms with E-state index < -0.39 is 5.97 Å². The van der Waals surface area contributed by atoms with Gasteiger partial charge in [-0.15, -0.1) is 0 Å². The van der Waals surface area contributed by atoms with Crippen LogP contribution in [0.15, 0.2) is 0 Å². The molecule has 0 bridgehead atoms. The average Bonchev–Trinajstić information content (AvgIpc) is 2.72. The predicted molar refractivity (Wildman–Crippen MR) is 65.2 cm³/mol. The fraction of sp³-hybridized carbons (Fsp3) is 0.800. The lowest BCUT2D eigenvalue weighted by molar-refractivity contribution is -0.137. The van der Waals surface area contributed by atoms with Gasteiger partial charge < -0.3 is 21.2 Å². The van der Waals surface area contributed by atoms with Crippen molar-refractivity contribution in [2.75, 3.05) is 5.75 Å². The van der Waals surface area contributed by atoms with Crippen LogP contribution in [0.5, 0.6) is 0 Å². The zero-order chi connectivity index (χ0) is 11.5. The maximum atomic E-state index is 11.1. The number of carbonyl (C=O) groups excluding carboxylic acids is 1. The van der Waals surface area contributed by atoms with Crippen molar-refractivity contribution in [2.24, 2.45) is 0 Å². The van der Waals surface area contributed by atoms with E-state index in [4.69, 9.17) is 5.11 Å². The summed E-state index contributed by atoms with van der Waals surface area (Å²) < 4.78 is 0. The van der Waals surface area contributed by atoms with Crippen LogP contribution in [0.4, 0.5) is 4.79 Å². The fourth-order valence-corrected chi connectivity index (χ4v) is 3.81. The lowest BCUT2D eigenvalue weighted by Crippen LogP contribution is -2.36. The number of amides is 2. The third-order valence-electron chi connectivity index (χ3n) is 3.07. The SMILES string of the molecule is O.O=C(O)CCCC[C@@H]1SC[C@@H]2NC(=O)N[C@@H]21. The highest BCUT2D eigenvalue weighted by atomic mass is 32.2. The summed E-state index contributed by atoms with van der Waals surface area (Å²) in [5, 5.41) is 14.8. The first kappa shape index (κ1) is 14.1. The largest absolute Gasteiger partial charge is 0.481 e. The van der Waals surface area contributed by atoms with Gasteiger partial charge in [0, 0.05) is 17.4 Å². The van der Waals surface area contributed by atoms with Crippen molar-refractivity contribution in [2.45, 2.75) is 43.0 Å². The van der Waals surface area contributed by atoms with Gasteiger partial charge in [-0.2, -0.15) is 11.8 Å². The van der Waals surface area contributed by atoms with Gasteiger partial charge in [-0.1, -0.05) is 6.42 Å². The molecular weight excluding hydrogens is 244 g/mol. The lowest BCUT2D eigenvalue weighted by Gasteiger charge is -2.16. The summed E-state index contributed by atoms with van der Waals surface area (Å²) in [6, 6.07) is 0.440. The summed E-state index contributed by atoms with van der Waals surface area (Å²) in [6.45, 7) is 0. The Morgan fingerprint density at radius 1 is 1.41 bits per heavy atom. The Kier molecular flexibility index (Phi) is 5.07. The number of unbranched alkanes of at least 4 members (excludes halogenated alkanes) is 1. The highest BCUT2D eigenvalue weighted by Crippen LogP contribution is 2.33. The first-order valence-corrected chi connectivity index (χ1v) is 6.62. The molecule has 2 heterocycles. The highest BCUT2D eigenvalue weighted by molar-refractivity contribution is 8.00. The van der Waals surface area contributed by atoms with Crippen molar-refractivity contribution in [1.82, 2.24) is 10.6 Å². The van der Waals surface area contributed by atoms with Crippen molar-refractivity contribution in [1.29, 1.82) is 0 Å². The molecule has 2 aliphatic rings. The minimum absolute atomic E-state index is 0. The quantitative estimate of drug-likeness (QED) is 0.477. The Morgan fingerprint density at radius 2 is 2.18 bits per heavy atom. The molecule has 6 nitrogen and oxygen atoms in total. The molecule has 2 amide bonds. The summed E-state index contributed by atoms with van der Waals surface area (Å²) in [6.07, 6.45) is 2.88. The molecule has 0 unspecified atom stereocenters. The maximum absolute atomic E-state index is 11.1. The molecule has 0 aromatic rings. The number of aliphatic carboxylic acids is 1. The van der Waals surface area contributed by atoms with Gasteiger partial charge in [0.05, 0.1) is 12.1 Å². The number of fused-ring (bicyclic) bond motifs is 1. The van der Waals surface area contributed by atoms with Gasteiger partial charge in [0.15, 0.2) is 0 Å².